The number of benzene rings is 1. The maximum atomic E-state index is 11.5. The molecule has 4 heterocycles. The average molecular weight is 596 g/mol. The van der Waals surface area contributed by atoms with Crippen LogP contribution in [0.15, 0.2) is 41.2 Å². The fourth-order valence-corrected chi connectivity index (χ4v) is 6.97. The van der Waals surface area contributed by atoms with E-state index in [1.165, 1.54) is 24.5 Å². The molecular formula is C28H23Cl2N5O4S. The molecule has 2 aliphatic carbocycles. The number of ether oxygens (including phenoxy) is 1. The highest BCUT2D eigenvalue weighted by Gasteiger charge is 2.54. The minimum atomic E-state index is -1.02. The van der Waals surface area contributed by atoms with Crippen LogP contribution in [-0.2, 0) is 0 Å². The first-order valence-corrected chi connectivity index (χ1v) is 14.5. The first-order valence-electron chi connectivity index (χ1n) is 12.9. The summed E-state index contributed by atoms with van der Waals surface area (Å²) in [5, 5.41) is 24.9. The van der Waals surface area contributed by atoms with Gasteiger partial charge in [-0.3, -0.25) is 4.98 Å². The maximum absolute atomic E-state index is 11.5. The molecule has 2 saturated carbocycles. The molecule has 0 spiro atoms. The molecule has 3 fully saturated rings. The summed E-state index contributed by atoms with van der Waals surface area (Å²) < 4.78 is 11.1. The maximum Gasteiger partial charge on any atom is 0.335 e. The molecule has 0 radical (unpaired) electrons. The van der Waals surface area contributed by atoms with Gasteiger partial charge in [-0.05, 0) is 48.8 Å². The van der Waals surface area contributed by atoms with Crippen molar-refractivity contribution < 1.29 is 19.2 Å². The van der Waals surface area contributed by atoms with Crippen molar-refractivity contribution in [1.29, 1.82) is 0 Å². The highest BCUT2D eigenvalue weighted by molar-refractivity contribution is 7.18. The third-order valence-electron chi connectivity index (χ3n) is 7.86. The molecule has 7 rings (SSSR count). The fourth-order valence-electron chi connectivity index (χ4n) is 5.57. The number of hydrogen-bond donors (Lipinski definition) is 1. The number of piperidine rings is 1. The summed E-state index contributed by atoms with van der Waals surface area (Å²) in [5.41, 5.74) is 3.09. The van der Waals surface area contributed by atoms with Crippen LogP contribution >= 0.6 is 34.5 Å². The summed E-state index contributed by atoms with van der Waals surface area (Å²) in [6, 6.07) is 4.87. The molecule has 12 heteroatoms. The van der Waals surface area contributed by atoms with Crippen LogP contribution in [0.25, 0.3) is 27.9 Å². The number of halogens is 2. The molecule has 1 aliphatic heterocycles. The third kappa shape index (κ3) is 4.53. The zero-order chi connectivity index (χ0) is 27.5. The Kier molecular flexibility index (Phi) is 6.29. The van der Waals surface area contributed by atoms with Gasteiger partial charge >= 0.3 is 5.97 Å². The monoisotopic (exact) mass is 595 g/mol. The lowest BCUT2D eigenvalue weighted by Gasteiger charge is -2.16. The molecule has 0 bridgehead atoms. The molecule has 1 N–H and O–H groups in total. The standard InChI is InChI=1S/C28H23Cl2N5O4S/c1-38-16-7-14(6-15(8-16)27(36)37)26-32-33-28(40-26)35-11-19-17(20(19)12-35)4-5-18-24(34-39-25(18)13-2-3-13)23-21(29)9-31-10-22(23)30/h4-10,13,17,19-20H,2-3,11-12H2,1H3,(H,36,37). The van der Waals surface area contributed by atoms with Crippen molar-refractivity contribution in [3.8, 4) is 27.6 Å². The molecule has 3 aliphatic rings. The van der Waals surface area contributed by atoms with Gasteiger partial charge in [0.25, 0.3) is 0 Å². The molecule has 2 unspecified atom stereocenters. The number of hydrogen-bond acceptors (Lipinski definition) is 9. The number of aromatic carboxylic acids is 1. The Labute approximate surface area is 243 Å². The van der Waals surface area contributed by atoms with Crippen LogP contribution in [0.2, 0.25) is 10.0 Å². The Hall–Kier alpha value is -3.47. The highest BCUT2D eigenvalue weighted by Crippen LogP contribution is 2.54. The smallest absolute Gasteiger partial charge is 0.335 e. The van der Waals surface area contributed by atoms with Crippen LogP contribution in [0.4, 0.5) is 5.13 Å². The van der Waals surface area contributed by atoms with E-state index in [-0.39, 0.29) is 5.56 Å². The molecule has 1 saturated heterocycles. The topological polar surface area (TPSA) is 114 Å². The van der Waals surface area contributed by atoms with E-state index in [1.54, 1.807) is 24.5 Å². The fraction of sp³-hybridized carbons (Fsp3) is 0.321. The van der Waals surface area contributed by atoms with Gasteiger partial charge in [0.05, 0.1) is 22.7 Å². The largest absolute Gasteiger partial charge is 0.497 e. The Morgan fingerprint density at radius 1 is 1.15 bits per heavy atom. The predicted octanol–water partition coefficient (Wildman–Crippen LogP) is 6.54. The average Bonchev–Trinajstić information content (AvgIpc) is 3.68. The summed E-state index contributed by atoms with van der Waals surface area (Å²) in [4.78, 5) is 17.8. The lowest BCUT2D eigenvalue weighted by molar-refractivity contribution is 0.0696. The highest BCUT2D eigenvalue weighted by atomic mass is 35.5. The molecular weight excluding hydrogens is 573 g/mol. The van der Waals surface area contributed by atoms with Crippen molar-refractivity contribution in [2.24, 2.45) is 17.8 Å². The van der Waals surface area contributed by atoms with E-state index < -0.39 is 5.97 Å². The second-order valence-electron chi connectivity index (χ2n) is 10.4. The molecule has 1 aromatic carbocycles. The number of aromatic nitrogens is 4. The minimum Gasteiger partial charge on any atom is -0.497 e. The number of rotatable bonds is 8. The minimum absolute atomic E-state index is 0.150. The number of fused-ring (bicyclic) bond motifs is 1. The lowest BCUT2D eigenvalue weighted by atomic mass is 10.0. The van der Waals surface area contributed by atoms with Crippen LogP contribution < -0.4 is 9.64 Å². The van der Waals surface area contributed by atoms with Gasteiger partial charge in [0, 0.05) is 48.1 Å². The van der Waals surface area contributed by atoms with Crippen molar-refractivity contribution in [1.82, 2.24) is 20.3 Å². The predicted molar refractivity (Wildman–Crippen MR) is 152 cm³/mol. The van der Waals surface area contributed by atoms with Gasteiger partial charge in [-0.15, -0.1) is 10.2 Å². The molecule has 2 atom stereocenters. The summed E-state index contributed by atoms with van der Waals surface area (Å²) in [6.45, 7) is 1.78. The van der Waals surface area contributed by atoms with E-state index in [1.807, 2.05) is 0 Å². The van der Waals surface area contributed by atoms with E-state index in [0.29, 0.717) is 61.3 Å². The van der Waals surface area contributed by atoms with Crippen LogP contribution in [0.3, 0.4) is 0 Å². The Balaban J connectivity index is 1.07. The number of pyridine rings is 1. The van der Waals surface area contributed by atoms with Crippen molar-refractivity contribution in [2.75, 3.05) is 25.1 Å². The summed E-state index contributed by atoms with van der Waals surface area (Å²) in [6.07, 6.45) is 9.72. The van der Waals surface area contributed by atoms with E-state index >= 15 is 0 Å². The molecule has 4 aromatic rings. The zero-order valence-corrected chi connectivity index (χ0v) is 23.6. The molecule has 0 amide bonds. The first-order chi connectivity index (χ1) is 19.4. The number of nitrogens with zero attached hydrogens (tertiary/aromatic N) is 5. The summed E-state index contributed by atoms with van der Waals surface area (Å²) in [5.74, 6) is 2.25. The number of allylic oxidation sites excluding steroid dienone is 1. The normalized spacial score (nSPS) is 21.7. The first kappa shape index (κ1) is 25.5. The number of anilines is 1. The second-order valence-corrected chi connectivity index (χ2v) is 12.1. The van der Waals surface area contributed by atoms with E-state index in [0.717, 1.165) is 42.4 Å². The quantitative estimate of drug-likeness (QED) is 0.242. The number of methoxy groups -OCH3 is 1. The third-order valence-corrected chi connectivity index (χ3v) is 9.47. The Morgan fingerprint density at radius 2 is 1.90 bits per heavy atom. The summed E-state index contributed by atoms with van der Waals surface area (Å²) in [7, 11) is 1.51. The van der Waals surface area contributed by atoms with Crippen molar-refractivity contribution >= 4 is 51.7 Å². The Bertz CT molecular complexity index is 1630. The van der Waals surface area contributed by atoms with Gasteiger partial charge in [0.15, 0.2) is 0 Å². The number of carbonyl (C=O) groups is 1. The number of carboxylic acids is 1. The van der Waals surface area contributed by atoms with Gasteiger partial charge in [-0.2, -0.15) is 0 Å². The van der Waals surface area contributed by atoms with Crippen molar-refractivity contribution in [3.05, 3.63) is 63.6 Å². The zero-order valence-electron chi connectivity index (χ0n) is 21.3. The molecule has 40 heavy (non-hydrogen) atoms. The number of carboxylic acid groups (broad SMARTS) is 1. The summed E-state index contributed by atoms with van der Waals surface area (Å²) >= 11 is 14.3. The lowest BCUT2D eigenvalue weighted by Crippen LogP contribution is -2.23. The van der Waals surface area contributed by atoms with Crippen molar-refractivity contribution in [3.63, 3.8) is 0 Å². The Morgan fingerprint density at radius 3 is 2.58 bits per heavy atom. The van der Waals surface area contributed by atoms with Gasteiger partial charge in [-0.25, -0.2) is 4.79 Å². The van der Waals surface area contributed by atoms with Gasteiger partial charge in [0.2, 0.25) is 5.13 Å². The van der Waals surface area contributed by atoms with E-state index in [9.17, 15) is 9.90 Å². The van der Waals surface area contributed by atoms with Gasteiger partial charge in [0.1, 0.15) is 22.2 Å². The van der Waals surface area contributed by atoms with Gasteiger partial charge in [-0.1, -0.05) is 51.8 Å². The van der Waals surface area contributed by atoms with Crippen molar-refractivity contribution in [2.45, 2.75) is 18.8 Å². The van der Waals surface area contributed by atoms with Gasteiger partial charge < -0.3 is 19.3 Å². The SMILES string of the molecule is COc1cc(C(=O)O)cc(-c2nnc(N3CC4C(C=Cc5c(-c6c(Cl)cncc6Cl)noc5C5CC5)C4C3)s2)c1. The molecule has 9 nitrogen and oxygen atoms in total. The van der Waals surface area contributed by atoms with Crippen LogP contribution in [0.1, 0.15) is 40.4 Å². The molecule has 3 aromatic heterocycles. The van der Waals surface area contributed by atoms with Crippen LogP contribution in [-0.4, -0.2) is 51.6 Å². The van der Waals surface area contributed by atoms with E-state index in [2.05, 4.69) is 37.4 Å². The van der Waals surface area contributed by atoms with E-state index in [4.69, 9.17) is 32.5 Å². The van der Waals surface area contributed by atoms with Crippen LogP contribution in [0.5, 0.6) is 5.75 Å². The van der Waals surface area contributed by atoms with Crippen LogP contribution in [0, 0.1) is 17.8 Å². The molecule has 204 valence electrons. The second kappa shape index (κ2) is 9.87.